The first-order valence-corrected chi connectivity index (χ1v) is 12.1. The molecule has 0 aliphatic carbocycles. The lowest BCUT2D eigenvalue weighted by atomic mass is 9.91. The molecule has 5 nitrogen and oxygen atoms in total. The fourth-order valence-electron chi connectivity index (χ4n) is 4.28. The van der Waals surface area contributed by atoms with Crippen molar-refractivity contribution >= 4 is 12.0 Å². The first kappa shape index (κ1) is 25.3. The normalized spacial score (nSPS) is 12.3. The first-order valence-electron chi connectivity index (χ1n) is 12.1. The van der Waals surface area contributed by atoms with E-state index in [0.717, 1.165) is 44.3 Å². The summed E-state index contributed by atoms with van der Waals surface area (Å²) in [5.41, 5.74) is 10.1. The van der Waals surface area contributed by atoms with Crippen molar-refractivity contribution in [3.8, 4) is 0 Å². The highest BCUT2D eigenvalue weighted by molar-refractivity contribution is 5.90. The summed E-state index contributed by atoms with van der Waals surface area (Å²) in [5, 5.41) is 7.16. The molecule has 0 aliphatic heterocycles. The van der Waals surface area contributed by atoms with Crippen molar-refractivity contribution in [1.82, 2.24) is 15.6 Å². The standard InChI is InChI=1S/C29H36N4O/c1-31-27(14-8-13-23-17-19-32-21-26(23)15-16-29(30)34)18-20-33-22-28(24-9-4-2-5-10-24)25-11-6-3-7-12-25/h2-7,9-12,15-17,19,21,27-28,31,33H,8,13-14,18,20,22H2,1H3,(H2,30,34). The highest BCUT2D eigenvalue weighted by Crippen LogP contribution is 2.23. The second kappa shape index (κ2) is 14.1. The Morgan fingerprint density at radius 3 is 2.29 bits per heavy atom. The van der Waals surface area contributed by atoms with Crippen molar-refractivity contribution < 1.29 is 4.79 Å². The maximum absolute atomic E-state index is 11.1. The van der Waals surface area contributed by atoms with Crippen molar-refractivity contribution in [1.29, 1.82) is 0 Å². The molecule has 34 heavy (non-hydrogen) atoms. The third-order valence-electron chi connectivity index (χ3n) is 6.20. The Kier molecular flexibility index (Phi) is 10.5. The summed E-state index contributed by atoms with van der Waals surface area (Å²) in [6.45, 7) is 1.88. The van der Waals surface area contributed by atoms with Gasteiger partial charge in [-0.2, -0.15) is 0 Å². The zero-order valence-corrected chi connectivity index (χ0v) is 20.0. The van der Waals surface area contributed by atoms with Crippen LogP contribution in [0.25, 0.3) is 6.08 Å². The molecule has 0 bridgehead atoms. The Balaban J connectivity index is 1.47. The lowest BCUT2D eigenvalue weighted by Crippen LogP contribution is -2.31. The van der Waals surface area contributed by atoms with Gasteiger partial charge in [0.1, 0.15) is 0 Å². The van der Waals surface area contributed by atoms with Crippen molar-refractivity contribution in [2.24, 2.45) is 5.73 Å². The third-order valence-corrected chi connectivity index (χ3v) is 6.20. The van der Waals surface area contributed by atoms with E-state index >= 15 is 0 Å². The van der Waals surface area contributed by atoms with Crippen LogP contribution in [0.15, 0.2) is 85.2 Å². The van der Waals surface area contributed by atoms with Crippen LogP contribution in [-0.4, -0.2) is 37.1 Å². The number of nitrogens with one attached hydrogen (secondary N) is 2. The number of carbonyl (C=O) groups excluding carboxylic acids is 1. The van der Waals surface area contributed by atoms with E-state index in [4.69, 9.17) is 5.73 Å². The Labute approximate surface area is 203 Å². The van der Waals surface area contributed by atoms with Gasteiger partial charge in [0.25, 0.3) is 0 Å². The SMILES string of the molecule is CNC(CCCc1ccncc1C=CC(N)=O)CCNCC(c1ccccc1)c1ccccc1. The van der Waals surface area contributed by atoms with E-state index in [1.54, 1.807) is 18.5 Å². The van der Waals surface area contributed by atoms with E-state index in [2.05, 4.69) is 76.3 Å². The molecule has 0 saturated carbocycles. The first-order chi connectivity index (χ1) is 16.7. The molecule has 1 atom stereocenters. The van der Waals surface area contributed by atoms with E-state index in [9.17, 15) is 4.79 Å². The number of benzene rings is 2. The number of hydrogen-bond acceptors (Lipinski definition) is 4. The highest BCUT2D eigenvalue weighted by Gasteiger charge is 2.14. The minimum atomic E-state index is -0.445. The number of pyridine rings is 1. The second-order valence-corrected chi connectivity index (χ2v) is 8.55. The van der Waals surface area contributed by atoms with Crippen LogP contribution in [-0.2, 0) is 11.2 Å². The molecule has 0 radical (unpaired) electrons. The Hall–Kier alpha value is -3.28. The van der Waals surface area contributed by atoms with E-state index in [-0.39, 0.29) is 0 Å². The fourth-order valence-corrected chi connectivity index (χ4v) is 4.28. The summed E-state index contributed by atoms with van der Waals surface area (Å²) in [6, 6.07) is 23.9. The molecule has 0 saturated heterocycles. The van der Waals surface area contributed by atoms with E-state index in [0.29, 0.717) is 12.0 Å². The number of hydrogen-bond donors (Lipinski definition) is 3. The van der Waals surface area contributed by atoms with Gasteiger partial charge in [0.05, 0.1) is 0 Å². The average Bonchev–Trinajstić information content (AvgIpc) is 2.88. The smallest absolute Gasteiger partial charge is 0.241 e. The molecule has 4 N–H and O–H groups in total. The molecule has 0 fully saturated rings. The van der Waals surface area contributed by atoms with Gasteiger partial charge in [-0.3, -0.25) is 9.78 Å². The van der Waals surface area contributed by atoms with Gasteiger partial charge in [-0.15, -0.1) is 0 Å². The van der Waals surface area contributed by atoms with Crippen LogP contribution in [0.1, 0.15) is 47.4 Å². The number of rotatable bonds is 14. The van der Waals surface area contributed by atoms with Gasteiger partial charge >= 0.3 is 0 Å². The van der Waals surface area contributed by atoms with Crippen LogP contribution in [0.3, 0.4) is 0 Å². The van der Waals surface area contributed by atoms with E-state index < -0.39 is 5.91 Å². The zero-order chi connectivity index (χ0) is 24.0. The van der Waals surface area contributed by atoms with Crippen molar-refractivity contribution in [2.75, 3.05) is 20.1 Å². The third kappa shape index (κ3) is 8.25. The number of nitrogens with two attached hydrogens (primary N) is 1. The van der Waals surface area contributed by atoms with Gasteiger partial charge < -0.3 is 16.4 Å². The van der Waals surface area contributed by atoms with Crippen LogP contribution >= 0.6 is 0 Å². The molecular formula is C29H36N4O. The number of amides is 1. The Bertz CT molecular complexity index is 981. The predicted octanol–water partition coefficient (Wildman–Crippen LogP) is 4.30. The molecule has 178 valence electrons. The molecule has 0 spiro atoms. The maximum Gasteiger partial charge on any atom is 0.241 e. The number of aromatic nitrogens is 1. The number of primary amides is 1. The Morgan fingerprint density at radius 2 is 1.68 bits per heavy atom. The van der Waals surface area contributed by atoms with Gasteiger partial charge in [0.15, 0.2) is 0 Å². The van der Waals surface area contributed by atoms with Crippen LogP contribution in [0, 0.1) is 0 Å². The maximum atomic E-state index is 11.1. The largest absolute Gasteiger partial charge is 0.366 e. The van der Waals surface area contributed by atoms with Gasteiger partial charge in [0, 0.05) is 37.0 Å². The van der Waals surface area contributed by atoms with Crippen molar-refractivity contribution in [2.45, 2.75) is 37.6 Å². The molecule has 3 aromatic rings. The minimum absolute atomic E-state index is 0.342. The summed E-state index contributed by atoms with van der Waals surface area (Å²) < 4.78 is 0. The minimum Gasteiger partial charge on any atom is -0.366 e. The summed E-state index contributed by atoms with van der Waals surface area (Å²) in [5.74, 6) is -0.103. The van der Waals surface area contributed by atoms with Crippen LogP contribution in [0.2, 0.25) is 0 Å². The van der Waals surface area contributed by atoms with Crippen LogP contribution in [0.4, 0.5) is 0 Å². The molecule has 1 unspecified atom stereocenters. The topological polar surface area (TPSA) is 80.0 Å². The number of nitrogens with zero attached hydrogens (tertiary/aromatic N) is 1. The van der Waals surface area contributed by atoms with Gasteiger partial charge in [-0.1, -0.05) is 60.7 Å². The number of carbonyl (C=O) groups is 1. The summed E-state index contributed by atoms with van der Waals surface area (Å²) in [7, 11) is 2.04. The van der Waals surface area contributed by atoms with Crippen molar-refractivity contribution in [3.63, 3.8) is 0 Å². The molecular weight excluding hydrogens is 420 g/mol. The molecule has 5 heteroatoms. The zero-order valence-electron chi connectivity index (χ0n) is 20.0. The molecule has 1 amide bonds. The van der Waals surface area contributed by atoms with Gasteiger partial charge in [-0.05, 0) is 73.7 Å². The molecule has 1 aromatic heterocycles. The number of aryl methyl sites for hydroxylation is 1. The lowest BCUT2D eigenvalue weighted by molar-refractivity contribution is -0.113. The van der Waals surface area contributed by atoms with Crippen LogP contribution in [0.5, 0.6) is 0 Å². The molecule has 0 aliphatic rings. The fraction of sp³-hybridized carbons (Fsp3) is 0.310. The Morgan fingerprint density at radius 1 is 1.00 bits per heavy atom. The summed E-state index contributed by atoms with van der Waals surface area (Å²) in [4.78, 5) is 15.2. The second-order valence-electron chi connectivity index (χ2n) is 8.55. The van der Waals surface area contributed by atoms with Crippen molar-refractivity contribution in [3.05, 3.63) is 107 Å². The highest BCUT2D eigenvalue weighted by atomic mass is 16.1. The van der Waals surface area contributed by atoms with Crippen LogP contribution < -0.4 is 16.4 Å². The monoisotopic (exact) mass is 456 g/mol. The van der Waals surface area contributed by atoms with E-state index in [1.807, 2.05) is 13.1 Å². The predicted molar refractivity (Wildman–Crippen MR) is 140 cm³/mol. The molecule has 2 aromatic carbocycles. The lowest BCUT2D eigenvalue weighted by Gasteiger charge is -2.21. The summed E-state index contributed by atoms with van der Waals surface area (Å²) >= 11 is 0. The van der Waals surface area contributed by atoms with E-state index in [1.165, 1.54) is 22.8 Å². The van der Waals surface area contributed by atoms with Gasteiger partial charge in [-0.25, -0.2) is 0 Å². The molecule has 1 heterocycles. The quantitative estimate of drug-likeness (QED) is 0.250. The average molecular weight is 457 g/mol. The summed E-state index contributed by atoms with van der Waals surface area (Å²) in [6.07, 6.45) is 10.9. The molecule has 3 rings (SSSR count). The van der Waals surface area contributed by atoms with Gasteiger partial charge in [0.2, 0.25) is 5.91 Å².